The summed E-state index contributed by atoms with van der Waals surface area (Å²) in [6, 6.07) is 78.8. The third-order valence-corrected chi connectivity index (χ3v) is 14.9. The highest BCUT2D eigenvalue weighted by Gasteiger charge is 2.23. The smallest absolute Gasteiger partial charge is 0.141 e. The van der Waals surface area contributed by atoms with Crippen LogP contribution in [0.1, 0.15) is 0 Å². The lowest BCUT2D eigenvalue weighted by molar-refractivity contribution is 0.621. The van der Waals surface area contributed by atoms with Gasteiger partial charge in [-0.3, -0.25) is 9.80 Å². The van der Waals surface area contributed by atoms with Gasteiger partial charge in [-0.05, 0) is 220 Å². The lowest BCUT2D eigenvalue weighted by Gasteiger charge is -2.25. The van der Waals surface area contributed by atoms with E-state index in [1.165, 1.54) is 48.8 Å². The van der Waals surface area contributed by atoms with E-state index >= 15 is 0 Å². The van der Waals surface area contributed by atoms with Crippen LogP contribution >= 0.6 is 0 Å². The summed E-state index contributed by atoms with van der Waals surface area (Å²) < 4.78 is 57.1. The quantitative estimate of drug-likeness (QED) is 0.101. The van der Waals surface area contributed by atoms with Gasteiger partial charge in [-0.1, -0.05) is 121 Å². The summed E-state index contributed by atoms with van der Waals surface area (Å²) >= 11 is 0. The van der Waals surface area contributed by atoms with Crippen molar-refractivity contribution in [2.75, 3.05) is 9.80 Å². The molecule has 0 fully saturated rings. The first-order valence-electron chi connectivity index (χ1n) is 25.6. The van der Waals surface area contributed by atoms with Gasteiger partial charge in [-0.2, -0.15) is 0 Å². The van der Waals surface area contributed by atoms with E-state index in [4.69, 9.17) is 0 Å². The first-order chi connectivity index (χ1) is 38.3. The van der Waals surface area contributed by atoms with Crippen LogP contribution < -0.4 is 9.80 Å². The van der Waals surface area contributed by atoms with Crippen LogP contribution in [0.25, 0.3) is 98.4 Å². The number of fused-ring (bicyclic) bond motifs is 2. The van der Waals surface area contributed by atoms with Gasteiger partial charge in [0.1, 0.15) is 34.9 Å². The molecule has 0 saturated carbocycles. The largest absolute Gasteiger partial charge is 0.295 e. The maximum Gasteiger partial charge on any atom is 0.141 e. The molecule has 0 unspecified atom stereocenters. The SMILES string of the molecule is Fc1ccc(N(c2ccc(-c3cc(-c4ccc5ccccc5c4)c4ccc5c(-c6ccc(N(c7ccc(F)cc7)c7ccc(F)cn7)cc6)cc(-c6ccc7ccccc7c6)c6ccc3c4c56)cc2)c2ccc(F)cn2)cc1. The zero-order chi connectivity index (χ0) is 52.4. The zero-order valence-corrected chi connectivity index (χ0v) is 41.5. The van der Waals surface area contributed by atoms with Crippen molar-refractivity contribution in [1.82, 2.24) is 9.97 Å². The highest BCUT2D eigenvalue weighted by Crippen LogP contribution is 2.50. The highest BCUT2D eigenvalue weighted by molar-refractivity contribution is 6.32. The van der Waals surface area contributed by atoms with Gasteiger partial charge in [0.15, 0.2) is 0 Å². The molecule has 14 aromatic rings. The van der Waals surface area contributed by atoms with Crippen molar-refractivity contribution in [1.29, 1.82) is 0 Å². The maximum atomic E-state index is 14.3. The second-order valence-electron chi connectivity index (χ2n) is 19.5. The van der Waals surface area contributed by atoms with E-state index in [-0.39, 0.29) is 11.6 Å². The van der Waals surface area contributed by atoms with Gasteiger partial charge >= 0.3 is 0 Å². The number of anilines is 6. The third-order valence-electron chi connectivity index (χ3n) is 14.9. The highest BCUT2D eigenvalue weighted by atomic mass is 19.1. The van der Waals surface area contributed by atoms with Crippen molar-refractivity contribution in [3.8, 4) is 44.5 Å². The molecule has 0 radical (unpaired) electrons. The van der Waals surface area contributed by atoms with Crippen LogP contribution in [0.2, 0.25) is 0 Å². The molecule has 14 rings (SSSR count). The van der Waals surface area contributed by atoms with Crippen LogP contribution in [0.3, 0.4) is 0 Å². The van der Waals surface area contributed by atoms with E-state index < -0.39 is 11.6 Å². The van der Waals surface area contributed by atoms with Crippen LogP contribution in [0, 0.1) is 23.3 Å². The van der Waals surface area contributed by atoms with Gasteiger partial charge in [-0.25, -0.2) is 27.5 Å². The molecule has 8 heteroatoms. The number of hydrogen-bond donors (Lipinski definition) is 0. The first kappa shape index (κ1) is 46.4. The summed E-state index contributed by atoms with van der Waals surface area (Å²) in [6.45, 7) is 0. The number of rotatable bonds is 10. The van der Waals surface area contributed by atoms with Crippen LogP contribution in [0.5, 0.6) is 0 Å². The van der Waals surface area contributed by atoms with Gasteiger partial charge < -0.3 is 0 Å². The number of nitrogens with zero attached hydrogens (tertiary/aromatic N) is 4. The van der Waals surface area contributed by atoms with E-state index in [9.17, 15) is 17.6 Å². The Hall–Kier alpha value is -10.2. The minimum atomic E-state index is -0.454. The summed E-state index contributed by atoms with van der Waals surface area (Å²) in [7, 11) is 0. The van der Waals surface area contributed by atoms with E-state index in [1.807, 2.05) is 34.1 Å². The average molecular weight is 1020 g/mol. The van der Waals surface area contributed by atoms with Gasteiger partial charge in [0, 0.05) is 22.7 Å². The molecule has 12 aromatic carbocycles. The average Bonchev–Trinajstić information content (AvgIpc) is 3.63. The predicted octanol–water partition coefficient (Wildman–Crippen LogP) is 19.8. The Balaban J connectivity index is 1.00. The first-order valence-corrected chi connectivity index (χ1v) is 25.6. The second kappa shape index (κ2) is 18.9. The number of benzene rings is 12. The molecule has 78 heavy (non-hydrogen) atoms. The fourth-order valence-electron chi connectivity index (χ4n) is 11.3. The number of pyridine rings is 2. The van der Waals surface area contributed by atoms with Crippen LogP contribution in [-0.4, -0.2) is 9.97 Å². The normalized spacial score (nSPS) is 11.6. The summed E-state index contributed by atoms with van der Waals surface area (Å²) in [4.78, 5) is 12.6. The van der Waals surface area contributed by atoms with Crippen molar-refractivity contribution in [3.63, 3.8) is 0 Å². The Morgan fingerprint density at radius 2 is 0.564 bits per heavy atom. The van der Waals surface area contributed by atoms with Crippen LogP contribution in [-0.2, 0) is 0 Å². The van der Waals surface area contributed by atoms with Gasteiger partial charge in [-0.15, -0.1) is 0 Å². The molecular formula is C70H42F4N4. The topological polar surface area (TPSA) is 32.3 Å². The van der Waals surface area contributed by atoms with Crippen molar-refractivity contribution in [3.05, 3.63) is 278 Å². The fraction of sp³-hybridized carbons (Fsp3) is 0. The minimum absolute atomic E-state index is 0.363. The van der Waals surface area contributed by atoms with E-state index in [1.54, 1.807) is 36.4 Å². The Bertz CT molecular complexity index is 4180. The molecule has 0 atom stereocenters. The molecule has 0 aliphatic rings. The molecule has 4 nitrogen and oxygen atoms in total. The molecule has 0 aliphatic carbocycles. The number of halogens is 4. The molecule has 0 bridgehead atoms. The second-order valence-corrected chi connectivity index (χ2v) is 19.5. The molecule has 2 aromatic heterocycles. The maximum absolute atomic E-state index is 14.3. The van der Waals surface area contributed by atoms with Crippen molar-refractivity contribution < 1.29 is 17.6 Å². The van der Waals surface area contributed by atoms with Crippen molar-refractivity contribution in [2.24, 2.45) is 0 Å². The standard InChI is InChI=1S/C70H42F4N4/c71-51-17-27-57(28-18-51)77(67-35-21-53(73)41-75-67)55-23-13-45(14-24-55)63-39-65(49-11-9-43-5-1-3-7-47(43)37-49)61-33-31-60-64(40-66(62-34-32-59(63)69(61)70(60)62)50-12-10-44-6-2-4-8-48(44)38-50)46-15-25-56(26-16-46)78(58-29-19-52(72)20-30-58)68-36-22-54(74)42-76-68/h1-42H. The molecule has 0 spiro atoms. The van der Waals surface area contributed by atoms with Crippen LogP contribution in [0.15, 0.2) is 255 Å². The van der Waals surface area contributed by atoms with Crippen molar-refractivity contribution in [2.45, 2.75) is 0 Å². The summed E-state index contributed by atoms with van der Waals surface area (Å²) in [5, 5.41) is 11.2. The Labute approximate surface area is 446 Å². The molecule has 0 amide bonds. The molecule has 0 saturated heterocycles. The minimum Gasteiger partial charge on any atom is -0.295 e. The van der Waals surface area contributed by atoms with E-state index in [2.05, 4.69) is 156 Å². The van der Waals surface area contributed by atoms with Gasteiger partial charge in [0.25, 0.3) is 0 Å². The molecule has 0 N–H and O–H groups in total. The Kier molecular flexibility index (Phi) is 11.2. The molecule has 370 valence electrons. The van der Waals surface area contributed by atoms with E-state index in [0.717, 1.165) is 110 Å². The number of aromatic nitrogens is 2. The number of hydrogen-bond acceptors (Lipinski definition) is 4. The lowest BCUT2D eigenvalue weighted by Crippen LogP contribution is -2.11. The summed E-state index contributed by atoms with van der Waals surface area (Å²) in [6.07, 6.45) is 2.37. The Morgan fingerprint density at radius 3 is 0.910 bits per heavy atom. The van der Waals surface area contributed by atoms with Crippen molar-refractivity contribution >= 4 is 88.2 Å². The summed E-state index contributed by atoms with van der Waals surface area (Å²) in [5.41, 5.74) is 11.3. The molecule has 0 aliphatic heterocycles. The van der Waals surface area contributed by atoms with Gasteiger partial charge in [0.05, 0.1) is 12.4 Å². The zero-order valence-electron chi connectivity index (χ0n) is 41.5. The van der Waals surface area contributed by atoms with Crippen LogP contribution in [0.4, 0.5) is 51.9 Å². The van der Waals surface area contributed by atoms with E-state index in [0.29, 0.717) is 23.0 Å². The fourth-order valence-corrected chi connectivity index (χ4v) is 11.3. The lowest BCUT2D eigenvalue weighted by atomic mass is 9.81. The monoisotopic (exact) mass is 1010 g/mol. The molecule has 2 heterocycles. The van der Waals surface area contributed by atoms with Gasteiger partial charge in [0.2, 0.25) is 0 Å². The molecular weight excluding hydrogens is 973 g/mol. The predicted molar refractivity (Wildman–Crippen MR) is 312 cm³/mol. The Morgan fingerprint density at radius 1 is 0.256 bits per heavy atom. The third kappa shape index (κ3) is 8.18. The summed E-state index contributed by atoms with van der Waals surface area (Å²) in [5.74, 6) is -0.662.